The number of hydrogen-bond acceptors (Lipinski definition) is 8. The van der Waals surface area contributed by atoms with Gasteiger partial charge in [-0.1, -0.05) is 11.3 Å². The monoisotopic (exact) mass is 358 g/mol. The smallest absolute Gasteiger partial charge is 0.253 e. The van der Waals surface area contributed by atoms with E-state index in [0.29, 0.717) is 24.2 Å². The highest BCUT2D eigenvalue weighted by Gasteiger charge is 2.22. The first-order chi connectivity index (χ1) is 11.6. The van der Waals surface area contributed by atoms with E-state index in [4.69, 9.17) is 9.72 Å². The van der Waals surface area contributed by atoms with E-state index >= 15 is 0 Å². The van der Waals surface area contributed by atoms with Gasteiger partial charge in [0.25, 0.3) is 5.95 Å². The molecule has 0 aliphatic carbocycles. The molecule has 24 heavy (non-hydrogen) atoms. The van der Waals surface area contributed by atoms with Gasteiger partial charge in [0.1, 0.15) is 16.6 Å². The summed E-state index contributed by atoms with van der Waals surface area (Å²) in [5.74, 6) is 1.26. The molecule has 1 aliphatic heterocycles. The maximum atomic E-state index is 9.86. The van der Waals surface area contributed by atoms with Crippen LogP contribution in [-0.4, -0.2) is 72.4 Å². The van der Waals surface area contributed by atoms with Crippen molar-refractivity contribution in [3.05, 3.63) is 17.3 Å². The van der Waals surface area contributed by atoms with Crippen molar-refractivity contribution in [1.82, 2.24) is 24.7 Å². The number of morpholine rings is 1. The summed E-state index contributed by atoms with van der Waals surface area (Å²) in [6.45, 7) is 4.52. The van der Waals surface area contributed by atoms with Crippen molar-refractivity contribution in [2.75, 3.05) is 31.2 Å². The van der Waals surface area contributed by atoms with Gasteiger partial charge in [0.15, 0.2) is 10.6 Å². The van der Waals surface area contributed by atoms with Gasteiger partial charge in [-0.3, -0.25) is 0 Å². The lowest BCUT2D eigenvalue weighted by atomic mass is 10.3. The van der Waals surface area contributed by atoms with Gasteiger partial charge in [-0.15, -0.1) is 0 Å². The fraction of sp³-hybridized carbons (Fsp3) is 0.429. The Labute approximate surface area is 150 Å². The number of thiazole rings is 1. The van der Waals surface area contributed by atoms with Crippen LogP contribution in [0, 0.1) is 0 Å². The predicted octanol–water partition coefficient (Wildman–Crippen LogP) is -0.0443. The van der Waals surface area contributed by atoms with E-state index in [1.165, 1.54) is 11.3 Å². The maximum Gasteiger partial charge on any atom is 0.253 e. The third-order valence-electron chi connectivity index (χ3n) is 3.73. The topological polar surface area (TPSA) is 89.2 Å². The van der Waals surface area contributed by atoms with Gasteiger partial charge >= 0.3 is 0 Å². The zero-order valence-electron chi connectivity index (χ0n) is 13.1. The zero-order chi connectivity index (χ0) is 16.7. The number of fused-ring (bicyclic) bond motifs is 1. The highest BCUT2D eigenvalue weighted by molar-refractivity contribution is 7.18. The Morgan fingerprint density at radius 3 is 2.75 bits per heavy atom. The molecule has 0 amide bonds. The Balaban J connectivity index is 1.88. The van der Waals surface area contributed by atoms with Gasteiger partial charge in [-0.25, -0.2) is 9.67 Å². The highest BCUT2D eigenvalue weighted by atomic mass is 32.1. The second kappa shape index (κ2) is 6.39. The molecule has 8 nitrogen and oxygen atoms in total. The van der Waals surface area contributed by atoms with Crippen molar-refractivity contribution in [3.63, 3.8) is 0 Å². The second-order valence-electron chi connectivity index (χ2n) is 5.51. The van der Waals surface area contributed by atoms with Crippen molar-refractivity contribution in [2.24, 2.45) is 0 Å². The molecule has 4 rings (SSSR count). The summed E-state index contributed by atoms with van der Waals surface area (Å²) >= 11 is 3.94. The quantitative estimate of drug-likeness (QED) is 0.657. The van der Waals surface area contributed by atoms with Gasteiger partial charge in [0, 0.05) is 19.3 Å². The average Bonchev–Trinajstić information content (AvgIpc) is 3.20. The first-order valence-electron chi connectivity index (χ1n) is 7.62. The zero-order valence-corrected chi connectivity index (χ0v) is 15.1. The summed E-state index contributed by atoms with van der Waals surface area (Å²) in [5.41, 5.74) is 0.722. The molecule has 10 heteroatoms. The van der Waals surface area contributed by atoms with E-state index in [9.17, 15) is 5.11 Å². The van der Waals surface area contributed by atoms with Crippen molar-refractivity contribution in [1.29, 1.82) is 0 Å². The van der Waals surface area contributed by atoms with Crippen LogP contribution in [0.3, 0.4) is 0 Å². The van der Waals surface area contributed by atoms with Crippen LogP contribution >= 0.6 is 11.3 Å². The maximum absolute atomic E-state index is 9.86. The van der Waals surface area contributed by atoms with Crippen molar-refractivity contribution < 1.29 is 9.84 Å². The summed E-state index contributed by atoms with van der Waals surface area (Å²) in [6, 6.07) is 1.88. The molecule has 2 radical (unpaired) electrons. The summed E-state index contributed by atoms with van der Waals surface area (Å²) in [6.07, 6.45) is 1.19. The Morgan fingerprint density at radius 1 is 1.29 bits per heavy atom. The fourth-order valence-corrected chi connectivity index (χ4v) is 3.62. The van der Waals surface area contributed by atoms with Crippen LogP contribution in [0.5, 0.6) is 0 Å². The summed E-state index contributed by atoms with van der Waals surface area (Å²) in [4.78, 5) is 16.7. The molecule has 4 heterocycles. The normalized spacial score (nSPS) is 16.7. The van der Waals surface area contributed by atoms with E-state index in [1.807, 2.05) is 12.3 Å². The van der Waals surface area contributed by atoms with Gasteiger partial charge in [-0.05, 0) is 17.5 Å². The molecule has 0 bridgehead atoms. The Bertz CT molecular complexity index is 873. The third kappa shape index (κ3) is 2.92. The number of hydrogen-bond donors (Lipinski definition) is 1. The standard InChI is InChI=1S/C14H15N6O2S.Al/c1-9(21)12-16-10-11(19-5-7-22-8-6-19)17-14(18-13(10)23-12)20-4-2-3-15-20;/h2,4,9,21H,5-8H2,1H3;. The fourth-order valence-electron chi connectivity index (χ4n) is 2.54. The number of ether oxygens (including phenoxy) is 1. The van der Waals surface area contributed by atoms with E-state index in [1.54, 1.807) is 11.6 Å². The third-order valence-corrected chi connectivity index (χ3v) is 5.16. The lowest BCUT2D eigenvalue weighted by Gasteiger charge is -2.28. The van der Waals surface area contributed by atoms with Crippen molar-refractivity contribution in [2.45, 2.75) is 13.0 Å². The Kier molecular flexibility index (Phi) is 4.24. The number of aromatic nitrogens is 5. The number of anilines is 1. The Morgan fingerprint density at radius 2 is 2.08 bits per heavy atom. The minimum atomic E-state index is -0.631. The molecule has 0 saturated carbocycles. The molecule has 3 aromatic rings. The molecule has 1 N–H and O–H groups in total. The van der Waals surface area contributed by atoms with E-state index in [2.05, 4.69) is 36.3 Å². The first-order valence-corrected chi connectivity index (χ1v) is 9.02. The molecular formula is C14H15AlN6O2S. The van der Waals surface area contributed by atoms with Crippen LogP contribution in [0.1, 0.15) is 18.0 Å². The second-order valence-corrected chi connectivity index (χ2v) is 7.11. The highest BCUT2D eigenvalue weighted by Crippen LogP contribution is 2.31. The SMILES string of the molecule is CC(O)c1nc2c(N3CCOCC3)nc(-n3cc[c]([Al])n3)nc2s1. The number of aliphatic hydroxyl groups excluding tert-OH is 1. The lowest BCUT2D eigenvalue weighted by Crippen LogP contribution is -2.37. The first kappa shape index (κ1) is 15.9. The summed E-state index contributed by atoms with van der Waals surface area (Å²) in [5, 5.41) is 14.9. The van der Waals surface area contributed by atoms with Gasteiger partial charge < -0.3 is 14.7 Å². The molecule has 122 valence electrons. The van der Waals surface area contributed by atoms with Crippen LogP contribution in [0.4, 0.5) is 5.82 Å². The molecule has 1 fully saturated rings. The van der Waals surface area contributed by atoms with Crippen LogP contribution < -0.4 is 9.46 Å². The summed E-state index contributed by atoms with van der Waals surface area (Å²) in [7, 11) is 0. The van der Waals surface area contributed by atoms with Crippen LogP contribution in [0.2, 0.25) is 0 Å². The minimum Gasteiger partial charge on any atom is -0.386 e. The molecule has 1 saturated heterocycles. The number of rotatable bonds is 3. The van der Waals surface area contributed by atoms with E-state index in [-0.39, 0.29) is 0 Å². The van der Waals surface area contributed by atoms with Gasteiger partial charge in [-0.2, -0.15) is 15.1 Å². The molecule has 1 atom stereocenters. The number of nitrogens with zero attached hydrogens (tertiary/aromatic N) is 6. The minimum absolute atomic E-state index is 0.499. The number of aliphatic hydroxyl groups is 1. The van der Waals surface area contributed by atoms with Gasteiger partial charge in [0.05, 0.1) is 13.2 Å². The molecular weight excluding hydrogens is 343 g/mol. The van der Waals surface area contributed by atoms with Crippen molar-refractivity contribution >= 4 is 48.3 Å². The molecule has 1 aliphatic rings. The van der Waals surface area contributed by atoms with Crippen LogP contribution in [0.25, 0.3) is 16.3 Å². The summed E-state index contributed by atoms with van der Waals surface area (Å²) < 4.78 is 7.90. The molecule has 0 aromatic carbocycles. The average molecular weight is 358 g/mol. The molecule has 3 aromatic heterocycles. The lowest BCUT2D eigenvalue weighted by molar-refractivity contribution is 0.122. The van der Waals surface area contributed by atoms with Crippen LogP contribution in [-0.2, 0) is 4.74 Å². The van der Waals surface area contributed by atoms with E-state index in [0.717, 1.165) is 33.8 Å². The van der Waals surface area contributed by atoms with Crippen molar-refractivity contribution in [3.8, 4) is 5.95 Å². The largest absolute Gasteiger partial charge is 0.386 e. The predicted molar refractivity (Wildman–Crippen MR) is 91.4 cm³/mol. The molecule has 0 spiro atoms. The molecule has 1 unspecified atom stereocenters. The van der Waals surface area contributed by atoms with E-state index < -0.39 is 6.10 Å². The Hall–Kier alpha value is -1.57. The van der Waals surface area contributed by atoms with Gasteiger partial charge in [0.2, 0.25) is 16.3 Å². The van der Waals surface area contributed by atoms with Crippen LogP contribution in [0.15, 0.2) is 12.3 Å².